The highest BCUT2D eigenvalue weighted by Crippen LogP contribution is 2.36. The van der Waals surface area contributed by atoms with Crippen LogP contribution in [0.3, 0.4) is 0 Å². The molecule has 0 saturated heterocycles. The number of nitrogens with one attached hydrogen (secondary N) is 1. The summed E-state index contributed by atoms with van der Waals surface area (Å²) in [4.78, 5) is 17.3. The third-order valence-electron chi connectivity index (χ3n) is 6.27. The van der Waals surface area contributed by atoms with E-state index in [0.717, 1.165) is 21.4 Å². The second-order valence-electron chi connectivity index (χ2n) is 8.72. The van der Waals surface area contributed by atoms with Gasteiger partial charge in [-0.2, -0.15) is 10.5 Å². The van der Waals surface area contributed by atoms with Gasteiger partial charge in [0.25, 0.3) is 0 Å². The van der Waals surface area contributed by atoms with Crippen LogP contribution in [0, 0.1) is 29.6 Å². The number of anilines is 2. The standard InChI is InChI=1S/C31H22BrN5O3/c1-3-39-31(38)28-19(2)37(23-11-9-21(32)10-12-23)27-14-13-24(15-25(27)28)40-30-26(17-34)29(20(16-33)18-35-30)36-22-7-5-4-6-8-22/h4-15,18H,3H2,1-2H3,(H,35,36). The number of esters is 1. The van der Waals surface area contributed by atoms with Gasteiger partial charge in [-0.15, -0.1) is 0 Å². The van der Waals surface area contributed by atoms with Gasteiger partial charge in [0.15, 0.2) is 0 Å². The number of nitrogens with zero attached hydrogens (tertiary/aromatic N) is 4. The van der Waals surface area contributed by atoms with Crippen LogP contribution in [0.25, 0.3) is 16.6 Å². The van der Waals surface area contributed by atoms with Crippen molar-refractivity contribution >= 4 is 44.2 Å². The molecule has 0 radical (unpaired) electrons. The van der Waals surface area contributed by atoms with Crippen molar-refractivity contribution < 1.29 is 14.3 Å². The Hall–Kier alpha value is -5.12. The molecule has 0 aliphatic rings. The molecule has 8 nitrogen and oxygen atoms in total. The van der Waals surface area contributed by atoms with Crippen LogP contribution in [0.1, 0.15) is 34.1 Å². The lowest BCUT2D eigenvalue weighted by molar-refractivity contribution is 0.0527. The van der Waals surface area contributed by atoms with Gasteiger partial charge < -0.3 is 19.4 Å². The Morgan fingerprint density at radius 3 is 2.48 bits per heavy atom. The topological polar surface area (TPSA) is 113 Å². The highest BCUT2D eigenvalue weighted by atomic mass is 79.9. The molecule has 0 spiro atoms. The van der Waals surface area contributed by atoms with Crippen molar-refractivity contribution in [1.29, 1.82) is 10.5 Å². The Morgan fingerprint density at radius 2 is 1.80 bits per heavy atom. The number of ether oxygens (including phenoxy) is 2. The van der Waals surface area contributed by atoms with E-state index in [1.807, 2.05) is 72.2 Å². The average molecular weight is 592 g/mol. The van der Waals surface area contributed by atoms with E-state index >= 15 is 0 Å². The van der Waals surface area contributed by atoms with E-state index in [9.17, 15) is 15.3 Å². The minimum absolute atomic E-state index is 0.0287. The van der Waals surface area contributed by atoms with Gasteiger partial charge in [-0.25, -0.2) is 9.78 Å². The van der Waals surface area contributed by atoms with Crippen molar-refractivity contribution in [1.82, 2.24) is 9.55 Å². The molecule has 0 amide bonds. The van der Waals surface area contributed by atoms with E-state index in [-0.39, 0.29) is 23.6 Å². The number of para-hydroxylation sites is 1. The van der Waals surface area contributed by atoms with Crippen LogP contribution < -0.4 is 10.1 Å². The third kappa shape index (κ3) is 4.98. The van der Waals surface area contributed by atoms with E-state index in [4.69, 9.17) is 9.47 Å². The van der Waals surface area contributed by atoms with Crippen molar-refractivity contribution in [3.05, 3.63) is 106 Å². The number of hydrogen-bond acceptors (Lipinski definition) is 7. The molecular formula is C31H22BrN5O3. The van der Waals surface area contributed by atoms with Gasteiger partial charge in [0.2, 0.25) is 5.88 Å². The highest BCUT2D eigenvalue weighted by Gasteiger charge is 2.23. The number of carbonyl (C=O) groups is 1. The summed E-state index contributed by atoms with van der Waals surface area (Å²) in [6.45, 7) is 3.86. The maximum absolute atomic E-state index is 13.1. The molecule has 9 heteroatoms. The average Bonchev–Trinajstić information content (AvgIpc) is 3.25. The molecule has 0 aliphatic heterocycles. The largest absolute Gasteiger partial charge is 0.462 e. The van der Waals surface area contributed by atoms with E-state index < -0.39 is 5.97 Å². The third-order valence-corrected chi connectivity index (χ3v) is 6.80. The lowest BCUT2D eigenvalue weighted by Gasteiger charge is -2.13. The number of aromatic nitrogens is 2. The summed E-state index contributed by atoms with van der Waals surface area (Å²) in [5.74, 6) is -0.0482. The summed E-state index contributed by atoms with van der Waals surface area (Å²) >= 11 is 3.47. The molecule has 0 fully saturated rings. The predicted octanol–water partition coefficient (Wildman–Crippen LogP) is 7.55. The highest BCUT2D eigenvalue weighted by molar-refractivity contribution is 9.10. The van der Waals surface area contributed by atoms with Crippen molar-refractivity contribution in [3.8, 4) is 29.5 Å². The number of pyridine rings is 1. The van der Waals surface area contributed by atoms with Gasteiger partial charge in [-0.1, -0.05) is 34.1 Å². The molecule has 0 aliphatic carbocycles. The van der Waals surface area contributed by atoms with Gasteiger partial charge in [0.05, 0.1) is 35.1 Å². The molecule has 2 aromatic heterocycles. The fourth-order valence-corrected chi connectivity index (χ4v) is 4.78. The molecular weight excluding hydrogens is 570 g/mol. The molecule has 3 aromatic carbocycles. The zero-order valence-corrected chi connectivity index (χ0v) is 23.2. The Morgan fingerprint density at radius 1 is 1.05 bits per heavy atom. The van der Waals surface area contributed by atoms with Gasteiger partial charge in [0.1, 0.15) is 23.5 Å². The van der Waals surface area contributed by atoms with Gasteiger partial charge >= 0.3 is 5.97 Å². The lowest BCUT2D eigenvalue weighted by atomic mass is 10.1. The summed E-state index contributed by atoms with van der Waals surface area (Å²) < 4.78 is 14.4. The normalized spacial score (nSPS) is 10.5. The second kappa shape index (κ2) is 11.3. The minimum atomic E-state index is -0.443. The molecule has 196 valence electrons. The molecule has 0 unspecified atom stereocenters. The van der Waals surface area contributed by atoms with Gasteiger partial charge in [0, 0.05) is 26.9 Å². The lowest BCUT2D eigenvalue weighted by Crippen LogP contribution is -2.07. The predicted molar refractivity (Wildman–Crippen MR) is 155 cm³/mol. The number of carbonyl (C=O) groups excluding carboxylic acids is 1. The number of hydrogen-bond donors (Lipinski definition) is 1. The summed E-state index contributed by atoms with van der Waals surface area (Å²) in [5, 5.41) is 23.4. The minimum Gasteiger partial charge on any atom is -0.462 e. The number of nitriles is 2. The van der Waals surface area contributed by atoms with Crippen molar-refractivity contribution in [2.45, 2.75) is 13.8 Å². The Balaban J connectivity index is 1.62. The maximum atomic E-state index is 13.1. The molecule has 0 atom stereocenters. The summed E-state index contributed by atoms with van der Waals surface area (Å²) in [5.41, 5.74) is 4.10. The van der Waals surface area contributed by atoms with Crippen molar-refractivity contribution in [3.63, 3.8) is 0 Å². The molecule has 0 saturated carbocycles. The van der Waals surface area contributed by atoms with Crippen LogP contribution in [0.4, 0.5) is 11.4 Å². The van der Waals surface area contributed by atoms with E-state index in [0.29, 0.717) is 28.1 Å². The zero-order chi connectivity index (χ0) is 28.2. The number of halogens is 1. The van der Waals surface area contributed by atoms with E-state index in [1.54, 1.807) is 19.1 Å². The smallest absolute Gasteiger partial charge is 0.340 e. The van der Waals surface area contributed by atoms with Crippen LogP contribution in [0.15, 0.2) is 83.5 Å². The van der Waals surface area contributed by atoms with Crippen LogP contribution in [0.5, 0.6) is 11.6 Å². The Bertz CT molecular complexity index is 1820. The zero-order valence-electron chi connectivity index (χ0n) is 21.6. The Labute approximate surface area is 239 Å². The first-order valence-electron chi connectivity index (χ1n) is 12.4. The quantitative estimate of drug-likeness (QED) is 0.194. The molecule has 1 N–H and O–H groups in total. The van der Waals surface area contributed by atoms with Crippen molar-refractivity contribution in [2.24, 2.45) is 0 Å². The molecule has 40 heavy (non-hydrogen) atoms. The second-order valence-corrected chi connectivity index (χ2v) is 9.63. The van der Waals surface area contributed by atoms with Crippen LogP contribution in [-0.2, 0) is 4.74 Å². The first-order valence-corrected chi connectivity index (χ1v) is 13.2. The number of benzene rings is 3. The summed E-state index contributed by atoms with van der Waals surface area (Å²) in [6, 6.07) is 26.5. The van der Waals surface area contributed by atoms with Crippen LogP contribution in [0.2, 0.25) is 0 Å². The SMILES string of the molecule is CCOC(=O)c1c(C)n(-c2ccc(Br)cc2)c2ccc(Oc3ncc(C#N)c(Nc4ccccc4)c3C#N)cc12. The monoisotopic (exact) mass is 591 g/mol. The van der Waals surface area contributed by atoms with Crippen LogP contribution >= 0.6 is 15.9 Å². The van der Waals surface area contributed by atoms with Crippen LogP contribution in [-0.4, -0.2) is 22.1 Å². The first-order chi connectivity index (χ1) is 19.4. The maximum Gasteiger partial charge on any atom is 0.340 e. The number of rotatable bonds is 7. The molecule has 5 aromatic rings. The summed E-state index contributed by atoms with van der Waals surface area (Å²) in [6.07, 6.45) is 1.36. The first kappa shape index (κ1) is 26.5. The Kier molecular flexibility index (Phi) is 7.50. The summed E-state index contributed by atoms with van der Waals surface area (Å²) in [7, 11) is 0. The number of fused-ring (bicyclic) bond motifs is 1. The van der Waals surface area contributed by atoms with E-state index in [1.165, 1.54) is 6.20 Å². The van der Waals surface area contributed by atoms with Crippen molar-refractivity contribution in [2.75, 3.05) is 11.9 Å². The molecule has 0 bridgehead atoms. The fourth-order valence-electron chi connectivity index (χ4n) is 4.51. The van der Waals surface area contributed by atoms with E-state index in [2.05, 4.69) is 38.4 Å². The fraction of sp³-hybridized carbons (Fsp3) is 0.0968. The molecule has 5 rings (SSSR count). The molecule has 2 heterocycles. The van der Waals surface area contributed by atoms with Gasteiger partial charge in [-0.3, -0.25) is 0 Å². The van der Waals surface area contributed by atoms with Gasteiger partial charge in [-0.05, 0) is 68.4 Å².